The van der Waals surface area contributed by atoms with Crippen molar-refractivity contribution in [1.82, 2.24) is 4.57 Å². The van der Waals surface area contributed by atoms with E-state index in [0.717, 1.165) is 47.5 Å². The Morgan fingerprint density at radius 1 is 1.16 bits per heavy atom. The molecule has 0 saturated carbocycles. The molecule has 0 fully saturated rings. The van der Waals surface area contributed by atoms with Gasteiger partial charge in [0.25, 0.3) is 0 Å². The Kier molecular flexibility index (Phi) is 3.35. The Balaban J connectivity index is 2.26. The summed E-state index contributed by atoms with van der Waals surface area (Å²) in [6.45, 7) is 0.855. The van der Waals surface area contributed by atoms with Crippen molar-refractivity contribution in [3.63, 3.8) is 0 Å². The van der Waals surface area contributed by atoms with E-state index >= 15 is 0 Å². The lowest BCUT2D eigenvalue weighted by Crippen LogP contribution is -1.97. The molecular formula is C15H16ClNO2. The maximum Gasteiger partial charge on any atom is 0.0706 e. The molecule has 2 N–H and O–H groups in total. The van der Waals surface area contributed by atoms with Crippen molar-refractivity contribution in [3.05, 3.63) is 46.1 Å². The molecule has 0 saturated heterocycles. The van der Waals surface area contributed by atoms with Crippen molar-refractivity contribution in [2.45, 2.75) is 32.6 Å². The summed E-state index contributed by atoms with van der Waals surface area (Å²) >= 11 is 6.06. The van der Waals surface area contributed by atoms with Gasteiger partial charge in [-0.25, -0.2) is 0 Å². The molecule has 1 aromatic carbocycles. The number of hydrogen-bond donors (Lipinski definition) is 2. The van der Waals surface area contributed by atoms with E-state index in [1.54, 1.807) is 0 Å². The fourth-order valence-electron chi connectivity index (χ4n) is 3.04. The van der Waals surface area contributed by atoms with Gasteiger partial charge in [-0.15, -0.1) is 0 Å². The molecule has 0 amide bonds. The number of halogens is 1. The average molecular weight is 278 g/mol. The first-order valence-electron chi connectivity index (χ1n) is 6.47. The fourth-order valence-corrected chi connectivity index (χ4v) is 3.23. The average Bonchev–Trinajstić information content (AvgIpc) is 2.96. The number of rotatable bonds is 3. The molecule has 1 aliphatic rings. The number of aromatic nitrogens is 1. The molecule has 2 heterocycles. The van der Waals surface area contributed by atoms with Gasteiger partial charge in [0.2, 0.25) is 0 Å². The van der Waals surface area contributed by atoms with Crippen LogP contribution in [0.4, 0.5) is 0 Å². The van der Waals surface area contributed by atoms with Gasteiger partial charge in [-0.1, -0.05) is 23.7 Å². The minimum Gasteiger partial charge on any atom is -0.392 e. The Morgan fingerprint density at radius 2 is 1.95 bits per heavy atom. The van der Waals surface area contributed by atoms with Crippen LogP contribution in [0.2, 0.25) is 5.02 Å². The second kappa shape index (κ2) is 5.00. The van der Waals surface area contributed by atoms with Gasteiger partial charge in [-0.3, -0.25) is 0 Å². The van der Waals surface area contributed by atoms with Crippen LogP contribution in [0.25, 0.3) is 11.3 Å². The Labute approximate surface area is 117 Å². The third kappa shape index (κ3) is 1.98. The lowest BCUT2D eigenvalue weighted by molar-refractivity contribution is 0.260. The van der Waals surface area contributed by atoms with E-state index in [-0.39, 0.29) is 13.2 Å². The Morgan fingerprint density at radius 3 is 2.63 bits per heavy atom. The third-order valence-corrected chi connectivity index (χ3v) is 4.04. The summed E-state index contributed by atoms with van der Waals surface area (Å²) in [5.74, 6) is 0. The monoisotopic (exact) mass is 277 g/mol. The van der Waals surface area contributed by atoms with E-state index in [9.17, 15) is 10.2 Å². The SMILES string of the molecule is OCc1c(CO)c(-c2cccc(Cl)c2)n2c1CCC2. The largest absolute Gasteiger partial charge is 0.392 e. The van der Waals surface area contributed by atoms with Crippen molar-refractivity contribution in [3.8, 4) is 11.3 Å². The van der Waals surface area contributed by atoms with Crippen LogP contribution in [0.15, 0.2) is 24.3 Å². The normalized spacial score (nSPS) is 13.8. The number of benzene rings is 1. The van der Waals surface area contributed by atoms with Crippen LogP contribution in [0.3, 0.4) is 0 Å². The highest BCUT2D eigenvalue weighted by Crippen LogP contribution is 2.36. The number of nitrogens with zero attached hydrogens (tertiary/aromatic N) is 1. The lowest BCUT2D eigenvalue weighted by Gasteiger charge is -2.09. The molecule has 0 radical (unpaired) electrons. The molecule has 0 spiro atoms. The first kappa shape index (κ1) is 12.7. The maximum absolute atomic E-state index is 9.66. The number of aliphatic hydroxyl groups excluding tert-OH is 2. The third-order valence-electron chi connectivity index (χ3n) is 3.80. The molecule has 1 aliphatic heterocycles. The molecule has 100 valence electrons. The molecule has 4 heteroatoms. The highest BCUT2D eigenvalue weighted by atomic mass is 35.5. The predicted octanol–water partition coefficient (Wildman–Crippen LogP) is 2.74. The van der Waals surface area contributed by atoms with Crippen molar-refractivity contribution in [2.24, 2.45) is 0 Å². The van der Waals surface area contributed by atoms with E-state index in [1.807, 2.05) is 24.3 Å². The molecule has 0 atom stereocenters. The van der Waals surface area contributed by atoms with Gasteiger partial charge >= 0.3 is 0 Å². The van der Waals surface area contributed by atoms with Crippen LogP contribution >= 0.6 is 11.6 Å². The van der Waals surface area contributed by atoms with Gasteiger partial charge in [0.05, 0.1) is 18.9 Å². The molecule has 2 aromatic rings. The maximum atomic E-state index is 9.66. The van der Waals surface area contributed by atoms with Crippen molar-refractivity contribution < 1.29 is 10.2 Å². The second-order valence-corrected chi connectivity index (χ2v) is 5.27. The van der Waals surface area contributed by atoms with E-state index in [0.29, 0.717) is 5.02 Å². The van der Waals surface area contributed by atoms with Crippen LogP contribution < -0.4 is 0 Å². The van der Waals surface area contributed by atoms with Crippen molar-refractivity contribution in [2.75, 3.05) is 0 Å². The zero-order valence-corrected chi connectivity index (χ0v) is 11.3. The van der Waals surface area contributed by atoms with Gasteiger partial charge in [-0.2, -0.15) is 0 Å². The van der Waals surface area contributed by atoms with Gasteiger partial charge < -0.3 is 14.8 Å². The number of fused-ring (bicyclic) bond motifs is 1. The van der Waals surface area contributed by atoms with Crippen LogP contribution in [0.5, 0.6) is 0 Å². The summed E-state index contributed by atoms with van der Waals surface area (Å²) in [6, 6.07) is 7.65. The molecule has 19 heavy (non-hydrogen) atoms. The summed E-state index contributed by atoms with van der Waals surface area (Å²) in [7, 11) is 0. The summed E-state index contributed by atoms with van der Waals surface area (Å²) in [5, 5.41) is 19.9. The fraction of sp³-hybridized carbons (Fsp3) is 0.333. The topological polar surface area (TPSA) is 45.4 Å². The quantitative estimate of drug-likeness (QED) is 0.906. The van der Waals surface area contributed by atoms with Gasteiger partial charge in [0.15, 0.2) is 0 Å². The molecule has 0 bridgehead atoms. The smallest absolute Gasteiger partial charge is 0.0706 e. The minimum atomic E-state index is -0.0578. The molecule has 3 rings (SSSR count). The second-order valence-electron chi connectivity index (χ2n) is 4.83. The van der Waals surface area contributed by atoms with Gasteiger partial charge in [-0.05, 0) is 30.5 Å². The van der Waals surface area contributed by atoms with E-state index in [2.05, 4.69) is 4.57 Å². The molecule has 0 aliphatic carbocycles. The first-order chi connectivity index (χ1) is 9.26. The van der Waals surface area contributed by atoms with Crippen LogP contribution in [0, 0.1) is 0 Å². The van der Waals surface area contributed by atoms with E-state index in [1.165, 1.54) is 0 Å². The van der Waals surface area contributed by atoms with Gasteiger partial charge in [0, 0.05) is 28.4 Å². The van der Waals surface area contributed by atoms with E-state index < -0.39 is 0 Å². The zero-order chi connectivity index (χ0) is 13.4. The summed E-state index contributed by atoms with van der Waals surface area (Å²) in [6.07, 6.45) is 2.05. The van der Waals surface area contributed by atoms with Crippen molar-refractivity contribution in [1.29, 1.82) is 0 Å². The molecule has 0 unspecified atom stereocenters. The highest BCUT2D eigenvalue weighted by Gasteiger charge is 2.25. The van der Waals surface area contributed by atoms with Crippen LogP contribution in [-0.2, 0) is 26.2 Å². The van der Waals surface area contributed by atoms with Crippen molar-refractivity contribution >= 4 is 11.6 Å². The molecular weight excluding hydrogens is 262 g/mol. The first-order valence-corrected chi connectivity index (χ1v) is 6.84. The summed E-state index contributed by atoms with van der Waals surface area (Å²) in [5.41, 5.74) is 4.87. The Hall–Kier alpha value is -1.29. The van der Waals surface area contributed by atoms with Gasteiger partial charge in [0.1, 0.15) is 0 Å². The summed E-state index contributed by atoms with van der Waals surface area (Å²) in [4.78, 5) is 0. The summed E-state index contributed by atoms with van der Waals surface area (Å²) < 4.78 is 2.21. The van der Waals surface area contributed by atoms with Crippen LogP contribution in [-0.4, -0.2) is 14.8 Å². The number of hydrogen-bond acceptors (Lipinski definition) is 2. The van der Waals surface area contributed by atoms with E-state index in [4.69, 9.17) is 11.6 Å². The standard InChI is InChI=1S/C15H16ClNO2/c16-11-4-1-3-10(7-11)15-13(9-19)12(8-18)14-5-2-6-17(14)15/h1,3-4,7,18-19H,2,5-6,8-9H2. The predicted molar refractivity (Wildman–Crippen MR) is 75.0 cm³/mol. The molecule has 3 nitrogen and oxygen atoms in total. The minimum absolute atomic E-state index is 0.0220. The zero-order valence-electron chi connectivity index (χ0n) is 10.6. The lowest BCUT2D eigenvalue weighted by atomic mass is 10.0. The Bertz CT molecular complexity index is 619. The molecule has 1 aromatic heterocycles. The highest BCUT2D eigenvalue weighted by molar-refractivity contribution is 6.30. The number of aliphatic hydroxyl groups is 2. The van der Waals surface area contributed by atoms with Crippen LogP contribution in [0.1, 0.15) is 23.2 Å².